The van der Waals surface area contributed by atoms with E-state index in [0.717, 1.165) is 12.8 Å². The average molecular weight is 358 g/mol. The van der Waals surface area contributed by atoms with Gasteiger partial charge in [0.25, 0.3) is 0 Å². The fourth-order valence-corrected chi connectivity index (χ4v) is 3.45. The van der Waals surface area contributed by atoms with Crippen LogP contribution in [0.1, 0.15) is 18.4 Å². The van der Waals surface area contributed by atoms with Crippen LogP contribution in [0, 0.1) is 5.92 Å². The predicted molar refractivity (Wildman–Crippen MR) is 97.4 cm³/mol. The summed E-state index contributed by atoms with van der Waals surface area (Å²) in [5.41, 5.74) is 1.19. The fourth-order valence-electron chi connectivity index (χ4n) is 3.45. The third kappa shape index (κ3) is 4.74. The van der Waals surface area contributed by atoms with Crippen molar-refractivity contribution in [2.45, 2.75) is 19.3 Å². The summed E-state index contributed by atoms with van der Waals surface area (Å²) in [5.74, 6) is -0.291. The van der Waals surface area contributed by atoms with Crippen molar-refractivity contribution in [3.63, 3.8) is 0 Å². The lowest BCUT2D eigenvalue weighted by atomic mass is 10.1. The molecule has 0 saturated carbocycles. The molecule has 0 aromatic heterocycles. The van der Waals surface area contributed by atoms with Crippen molar-refractivity contribution >= 4 is 17.8 Å². The average Bonchev–Trinajstić information content (AvgIpc) is 2.94. The molecule has 4 amide bonds. The zero-order valence-corrected chi connectivity index (χ0v) is 14.9. The van der Waals surface area contributed by atoms with E-state index in [1.165, 1.54) is 5.56 Å². The summed E-state index contributed by atoms with van der Waals surface area (Å²) in [6, 6.07) is 9.97. The van der Waals surface area contributed by atoms with Gasteiger partial charge in [-0.15, -0.1) is 0 Å². The molecule has 2 aliphatic rings. The lowest BCUT2D eigenvalue weighted by Gasteiger charge is -2.24. The summed E-state index contributed by atoms with van der Waals surface area (Å²) >= 11 is 0. The van der Waals surface area contributed by atoms with E-state index in [0.29, 0.717) is 39.3 Å². The minimum Gasteiger partial charge on any atom is -0.355 e. The van der Waals surface area contributed by atoms with E-state index < -0.39 is 0 Å². The monoisotopic (exact) mass is 358 g/mol. The molecule has 0 bridgehead atoms. The highest BCUT2D eigenvalue weighted by atomic mass is 16.2. The summed E-state index contributed by atoms with van der Waals surface area (Å²) in [6.07, 6.45) is 1.83. The van der Waals surface area contributed by atoms with E-state index in [9.17, 15) is 14.4 Å². The Kier molecular flexibility index (Phi) is 6.09. The molecule has 26 heavy (non-hydrogen) atoms. The number of carbonyl (C=O) groups is 3. The second-order valence-electron chi connectivity index (χ2n) is 6.84. The number of nitrogens with zero attached hydrogens (tertiary/aromatic N) is 2. The second-order valence-corrected chi connectivity index (χ2v) is 6.84. The highest BCUT2D eigenvalue weighted by Gasteiger charge is 2.32. The van der Waals surface area contributed by atoms with Gasteiger partial charge in [0.05, 0.1) is 5.92 Å². The first-order valence-corrected chi connectivity index (χ1v) is 9.25. The molecule has 1 atom stereocenters. The Morgan fingerprint density at radius 2 is 1.81 bits per heavy atom. The van der Waals surface area contributed by atoms with Crippen molar-refractivity contribution in [1.29, 1.82) is 0 Å². The molecular weight excluding hydrogens is 332 g/mol. The summed E-state index contributed by atoms with van der Waals surface area (Å²) in [5, 5.41) is 5.67. The third-order valence-corrected chi connectivity index (χ3v) is 4.95. The van der Waals surface area contributed by atoms with Crippen LogP contribution in [0.2, 0.25) is 0 Å². The van der Waals surface area contributed by atoms with Crippen molar-refractivity contribution in [1.82, 2.24) is 20.4 Å². The highest BCUT2D eigenvalue weighted by Crippen LogP contribution is 2.14. The van der Waals surface area contributed by atoms with E-state index in [1.807, 2.05) is 30.3 Å². The third-order valence-electron chi connectivity index (χ3n) is 4.95. The standard InChI is InChI=1S/C19H26N4O3/c24-17-13-16(14-21-17)18(25)22-9-4-10-23(12-11-22)19(26)20-8-7-15-5-2-1-3-6-15/h1-3,5-6,16H,4,7-14H2,(H,20,26)(H,21,24). The van der Waals surface area contributed by atoms with Gasteiger partial charge in [0, 0.05) is 45.7 Å². The number of amides is 4. The summed E-state index contributed by atoms with van der Waals surface area (Å²) in [7, 11) is 0. The molecule has 0 spiro atoms. The molecule has 140 valence electrons. The Morgan fingerprint density at radius 1 is 1.08 bits per heavy atom. The first kappa shape index (κ1) is 18.2. The number of rotatable bonds is 4. The van der Waals surface area contributed by atoms with Crippen LogP contribution in [-0.2, 0) is 16.0 Å². The van der Waals surface area contributed by atoms with Crippen LogP contribution in [0.25, 0.3) is 0 Å². The van der Waals surface area contributed by atoms with Gasteiger partial charge in [-0.2, -0.15) is 0 Å². The predicted octanol–water partition coefficient (Wildman–Crippen LogP) is 0.609. The summed E-state index contributed by atoms with van der Waals surface area (Å²) in [6.45, 7) is 3.35. The Balaban J connectivity index is 1.43. The zero-order chi connectivity index (χ0) is 18.4. The summed E-state index contributed by atoms with van der Waals surface area (Å²) in [4.78, 5) is 39.8. The van der Waals surface area contributed by atoms with Crippen molar-refractivity contribution in [2.24, 2.45) is 5.92 Å². The number of benzene rings is 1. The van der Waals surface area contributed by atoms with Gasteiger partial charge in [0.15, 0.2) is 0 Å². The number of nitrogens with one attached hydrogen (secondary N) is 2. The van der Waals surface area contributed by atoms with Crippen LogP contribution in [0.5, 0.6) is 0 Å². The van der Waals surface area contributed by atoms with E-state index in [1.54, 1.807) is 9.80 Å². The molecule has 1 aromatic carbocycles. The molecule has 2 saturated heterocycles. The molecule has 1 aromatic rings. The van der Waals surface area contributed by atoms with Crippen LogP contribution >= 0.6 is 0 Å². The van der Waals surface area contributed by atoms with Gasteiger partial charge < -0.3 is 20.4 Å². The molecule has 7 heteroatoms. The quantitative estimate of drug-likeness (QED) is 0.827. The molecule has 2 N–H and O–H groups in total. The van der Waals surface area contributed by atoms with Gasteiger partial charge in [0.2, 0.25) is 11.8 Å². The van der Waals surface area contributed by atoms with Crippen molar-refractivity contribution < 1.29 is 14.4 Å². The minimum absolute atomic E-state index is 0.0229. The molecule has 3 rings (SSSR count). The summed E-state index contributed by atoms with van der Waals surface area (Å²) < 4.78 is 0. The number of carbonyl (C=O) groups excluding carboxylic acids is 3. The van der Waals surface area contributed by atoms with Gasteiger partial charge in [-0.1, -0.05) is 30.3 Å². The Bertz CT molecular complexity index is 649. The Labute approximate surface area is 153 Å². The first-order chi connectivity index (χ1) is 12.6. The van der Waals surface area contributed by atoms with Gasteiger partial charge in [-0.05, 0) is 18.4 Å². The highest BCUT2D eigenvalue weighted by molar-refractivity contribution is 5.89. The number of hydrogen-bond donors (Lipinski definition) is 2. The van der Waals surface area contributed by atoms with Crippen LogP contribution in [0.3, 0.4) is 0 Å². The van der Waals surface area contributed by atoms with Crippen LogP contribution in [0.15, 0.2) is 30.3 Å². The maximum Gasteiger partial charge on any atom is 0.317 e. The largest absolute Gasteiger partial charge is 0.355 e. The van der Waals surface area contributed by atoms with E-state index >= 15 is 0 Å². The van der Waals surface area contributed by atoms with Crippen LogP contribution in [0.4, 0.5) is 4.79 Å². The van der Waals surface area contributed by atoms with E-state index in [-0.39, 0.29) is 30.2 Å². The molecule has 2 fully saturated rings. The van der Waals surface area contributed by atoms with Crippen LogP contribution < -0.4 is 10.6 Å². The van der Waals surface area contributed by atoms with Gasteiger partial charge in [-0.3, -0.25) is 9.59 Å². The molecule has 2 heterocycles. The SMILES string of the molecule is O=C1CC(C(=O)N2CCCN(C(=O)NCCc3ccccc3)CC2)CN1. The Hall–Kier alpha value is -2.57. The normalized spacial score (nSPS) is 20.5. The molecular formula is C19H26N4O3. The zero-order valence-electron chi connectivity index (χ0n) is 14.9. The smallest absolute Gasteiger partial charge is 0.317 e. The van der Waals surface area contributed by atoms with Gasteiger partial charge in [0.1, 0.15) is 0 Å². The van der Waals surface area contributed by atoms with Crippen molar-refractivity contribution in [3.8, 4) is 0 Å². The topological polar surface area (TPSA) is 81.8 Å². The minimum atomic E-state index is -0.256. The molecule has 1 unspecified atom stereocenters. The lowest BCUT2D eigenvalue weighted by Crippen LogP contribution is -2.44. The fraction of sp³-hybridized carbons (Fsp3) is 0.526. The van der Waals surface area contributed by atoms with Crippen LogP contribution in [-0.4, -0.2) is 66.9 Å². The van der Waals surface area contributed by atoms with Gasteiger partial charge >= 0.3 is 6.03 Å². The maximum atomic E-state index is 12.5. The molecule has 2 aliphatic heterocycles. The van der Waals surface area contributed by atoms with Crippen molar-refractivity contribution in [3.05, 3.63) is 35.9 Å². The van der Waals surface area contributed by atoms with E-state index in [4.69, 9.17) is 0 Å². The Morgan fingerprint density at radius 3 is 2.54 bits per heavy atom. The van der Waals surface area contributed by atoms with Gasteiger partial charge in [-0.25, -0.2) is 4.79 Å². The van der Waals surface area contributed by atoms with Crippen molar-refractivity contribution in [2.75, 3.05) is 39.3 Å². The number of urea groups is 1. The molecule has 0 aliphatic carbocycles. The first-order valence-electron chi connectivity index (χ1n) is 9.25. The second kappa shape index (κ2) is 8.69. The molecule has 0 radical (unpaired) electrons. The number of hydrogen-bond acceptors (Lipinski definition) is 3. The lowest BCUT2D eigenvalue weighted by molar-refractivity contribution is -0.135. The van der Waals surface area contributed by atoms with E-state index in [2.05, 4.69) is 10.6 Å². The molecule has 7 nitrogen and oxygen atoms in total. The maximum absolute atomic E-state index is 12.5.